The highest BCUT2D eigenvalue weighted by atomic mass is 79.9. The van der Waals surface area contributed by atoms with E-state index in [0.29, 0.717) is 0 Å². The predicted octanol–water partition coefficient (Wildman–Crippen LogP) is 2.53. The lowest BCUT2D eigenvalue weighted by Crippen LogP contribution is -2.47. The van der Waals surface area contributed by atoms with Gasteiger partial charge in [0.15, 0.2) is 0 Å². The van der Waals surface area contributed by atoms with Crippen molar-refractivity contribution in [2.45, 2.75) is 38.8 Å². The summed E-state index contributed by atoms with van der Waals surface area (Å²) in [7, 11) is 0. The van der Waals surface area contributed by atoms with Gasteiger partial charge in [-0.1, -0.05) is 22.0 Å². The van der Waals surface area contributed by atoms with E-state index >= 15 is 0 Å². The molecule has 1 aliphatic heterocycles. The zero-order valence-electron chi connectivity index (χ0n) is 7.35. The molecule has 0 aromatic heterocycles. The highest BCUT2D eigenvalue weighted by Gasteiger charge is 2.44. The number of hydrogen-bond donors (Lipinski definition) is 1. The van der Waals surface area contributed by atoms with Crippen LogP contribution in [0, 0.1) is 0 Å². The van der Waals surface area contributed by atoms with Gasteiger partial charge in [-0.3, -0.25) is 0 Å². The third kappa shape index (κ3) is 1.25. The maximum Gasteiger partial charge on any atom is 0.0724 e. The van der Waals surface area contributed by atoms with Crippen LogP contribution in [-0.2, 0) is 0 Å². The molecule has 0 aromatic rings. The van der Waals surface area contributed by atoms with Crippen molar-refractivity contribution in [3.05, 3.63) is 10.6 Å². The van der Waals surface area contributed by atoms with Crippen LogP contribution in [-0.4, -0.2) is 21.3 Å². The first-order valence-corrected chi connectivity index (χ1v) is 4.46. The summed E-state index contributed by atoms with van der Waals surface area (Å²) >= 11 is 3.44. The summed E-state index contributed by atoms with van der Waals surface area (Å²) in [6.45, 7) is 7.90. The molecular formula is C8H14BrNO. The molecule has 0 spiro atoms. The van der Waals surface area contributed by atoms with Crippen molar-refractivity contribution in [1.82, 2.24) is 5.06 Å². The van der Waals surface area contributed by atoms with Crippen LogP contribution in [0.2, 0.25) is 0 Å². The van der Waals surface area contributed by atoms with Gasteiger partial charge < -0.3 is 5.21 Å². The second-order valence-corrected chi connectivity index (χ2v) is 4.87. The fourth-order valence-corrected chi connectivity index (χ4v) is 2.10. The second-order valence-electron chi connectivity index (χ2n) is 4.02. The summed E-state index contributed by atoms with van der Waals surface area (Å²) < 4.78 is 1.04. The van der Waals surface area contributed by atoms with E-state index in [0.717, 1.165) is 4.48 Å². The molecular weight excluding hydrogens is 206 g/mol. The topological polar surface area (TPSA) is 23.5 Å². The Balaban J connectivity index is 3.04. The van der Waals surface area contributed by atoms with Crippen LogP contribution in [0.25, 0.3) is 0 Å². The highest BCUT2D eigenvalue weighted by molar-refractivity contribution is 9.11. The standard InChI is InChI=1S/C8H14BrNO/c1-7(2)5-6(9)8(3,4)10(7)11/h5,11H,1-4H3. The lowest BCUT2D eigenvalue weighted by atomic mass is 10.1. The zero-order valence-corrected chi connectivity index (χ0v) is 8.94. The van der Waals surface area contributed by atoms with Gasteiger partial charge in [-0.25, -0.2) is 0 Å². The summed E-state index contributed by atoms with van der Waals surface area (Å²) in [5.74, 6) is 0. The quantitative estimate of drug-likeness (QED) is 0.678. The molecule has 0 unspecified atom stereocenters. The number of hydrogen-bond acceptors (Lipinski definition) is 2. The monoisotopic (exact) mass is 219 g/mol. The Morgan fingerprint density at radius 1 is 1.36 bits per heavy atom. The van der Waals surface area contributed by atoms with Crippen molar-refractivity contribution < 1.29 is 5.21 Å². The van der Waals surface area contributed by atoms with Crippen LogP contribution in [0.5, 0.6) is 0 Å². The maximum absolute atomic E-state index is 9.71. The Kier molecular flexibility index (Phi) is 1.94. The fraction of sp³-hybridized carbons (Fsp3) is 0.750. The number of hydroxylamine groups is 2. The van der Waals surface area contributed by atoms with Gasteiger partial charge in [-0.05, 0) is 27.7 Å². The first-order valence-electron chi connectivity index (χ1n) is 3.66. The van der Waals surface area contributed by atoms with Gasteiger partial charge in [-0.15, -0.1) is 0 Å². The number of nitrogens with zero attached hydrogens (tertiary/aromatic N) is 1. The van der Waals surface area contributed by atoms with Gasteiger partial charge in [0.1, 0.15) is 0 Å². The van der Waals surface area contributed by atoms with Crippen LogP contribution in [0.1, 0.15) is 27.7 Å². The summed E-state index contributed by atoms with van der Waals surface area (Å²) in [5.41, 5.74) is -0.550. The Bertz CT molecular complexity index is 208. The molecule has 64 valence electrons. The third-order valence-electron chi connectivity index (χ3n) is 2.14. The van der Waals surface area contributed by atoms with Gasteiger partial charge in [0.05, 0.1) is 11.1 Å². The number of rotatable bonds is 0. The fourth-order valence-electron chi connectivity index (χ4n) is 1.37. The first-order chi connectivity index (χ1) is 4.78. The average molecular weight is 220 g/mol. The summed E-state index contributed by atoms with van der Waals surface area (Å²) in [6.07, 6.45) is 2.02. The summed E-state index contributed by atoms with van der Waals surface area (Å²) in [4.78, 5) is 0. The van der Waals surface area contributed by atoms with E-state index < -0.39 is 0 Å². The van der Waals surface area contributed by atoms with Crippen LogP contribution in [0.4, 0.5) is 0 Å². The first kappa shape index (κ1) is 9.23. The van der Waals surface area contributed by atoms with Crippen LogP contribution in [0.15, 0.2) is 10.6 Å². The number of halogens is 1. The van der Waals surface area contributed by atoms with Crippen molar-refractivity contribution in [3.63, 3.8) is 0 Å². The van der Waals surface area contributed by atoms with Gasteiger partial charge >= 0.3 is 0 Å². The molecule has 0 saturated heterocycles. The molecule has 0 amide bonds. The van der Waals surface area contributed by atoms with Gasteiger partial charge in [0, 0.05) is 4.48 Å². The minimum atomic E-state index is -0.288. The molecule has 0 fully saturated rings. The smallest absolute Gasteiger partial charge is 0.0724 e. The van der Waals surface area contributed by atoms with Crippen LogP contribution < -0.4 is 0 Å². The third-order valence-corrected chi connectivity index (χ3v) is 3.34. The van der Waals surface area contributed by atoms with E-state index in [1.165, 1.54) is 5.06 Å². The molecule has 1 heterocycles. The highest BCUT2D eigenvalue weighted by Crippen LogP contribution is 2.40. The molecule has 11 heavy (non-hydrogen) atoms. The average Bonchev–Trinajstić information content (AvgIpc) is 1.94. The molecule has 1 N–H and O–H groups in total. The minimum Gasteiger partial charge on any atom is -0.312 e. The molecule has 0 bridgehead atoms. The van der Waals surface area contributed by atoms with Crippen molar-refractivity contribution in [2.75, 3.05) is 0 Å². The SMILES string of the molecule is CC1(C)C=C(Br)C(C)(C)N1O. The molecule has 1 rings (SSSR count). The molecule has 3 heteroatoms. The molecule has 0 aliphatic carbocycles. The Morgan fingerprint density at radius 2 is 1.82 bits per heavy atom. The Hall–Kier alpha value is 0.140. The molecule has 1 aliphatic rings. The van der Waals surface area contributed by atoms with Crippen molar-refractivity contribution in [1.29, 1.82) is 0 Å². The van der Waals surface area contributed by atoms with E-state index in [1.54, 1.807) is 0 Å². The molecule has 2 nitrogen and oxygen atoms in total. The molecule has 0 radical (unpaired) electrons. The maximum atomic E-state index is 9.71. The lowest BCUT2D eigenvalue weighted by molar-refractivity contribution is -0.183. The lowest BCUT2D eigenvalue weighted by Gasteiger charge is -2.35. The molecule has 0 saturated carbocycles. The molecule has 0 aromatic carbocycles. The van der Waals surface area contributed by atoms with Crippen LogP contribution >= 0.6 is 15.9 Å². The largest absolute Gasteiger partial charge is 0.312 e. The van der Waals surface area contributed by atoms with E-state index in [1.807, 2.05) is 33.8 Å². The molecule has 0 atom stereocenters. The van der Waals surface area contributed by atoms with Gasteiger partial charge in [0.2, 0.25) is 0 Å². The second kappa shape index (κ2) is 2.31. The predicted molar refractivity (Wildman–Crippen MR) is 48.8 cm³/mol. The Labute approximate surface area is 76.0 Å². The zero-order chi connectivity index (χ0) is 8.86. The Morgan fingerprint density at radius 3 is 1.91 bits per heavy atom. The van der Waals surface area contributed by atoms with E-state index in [9.17, 15) is 5.21 Å². The van der Waals surface area contributed by atoms with Crippen molar-refractivity contribution >= 4 is 15.9 Å². The van der Waals surface area contributed by atoms with Crippen molar-refractivity contribution in [3.8, 4) is 0 Å². The van der Waals surface area contributed by atoms with E-state index in [2.05, 4.69) is 15.9 Å². The normalized spacial score (nSPS) is 28.7. The minimum absolute atomic E-state index is 0.262. The van der Waals surface area contributed by atoms with Crippen LogP contribution in [0.3, 0.4) is 0 Å². The van der Waals surface area contributed by atoms with Gasteiger partial charge in [0.25, 0.3) is 0 Å². The van der Waals surface area contributed by atoms with E-state index in [4.69, 9.17) is 0 Å². The van der Waals surface area contributed by atoms with Gasteiger partial charge in [-0.2, -0.15) is 5.06 Å². The van der Waals surface area contributed by atoms with E-state index in [-0.39, 0.29) is 11.1 Å². The summed E-state index contributed by atoms with van der Waals surface area (Å²) in [5, 5.41) is 11.1. The summed E-state index contributed by atoms with van der Waals surface area (Å²) in [6, 6.07) is 0. The van der Waals surface area contributed by atoms with Crippen molar-refractivity contribution in [2.24, 2.45) is 0 Å².